The molecule has 1 saturated carbocycles. The number of aryl methyl sites for hydroxylation is 1. The van der Waals surface area contributed by atoms with Crippen molar-refractivity contribution in [2.24, 2.45) is 0 Å². The number of halogens is 1. The van der Waals surface area contributed by atoms with Gasteiger partial charge in [-0.05, 0) is 62.2 Å². The number of fused-ring (bicyclic) bond motifs is 3. The molecule has 1 aliphatic heterocycles. The number of aromatic nitrogens is 5. The van der Waals surface area contributed by atoms with Crippen molar-refractivity contribution >= 4 is 34.1 Å². The van der Waals surface area contributed by atoms with Crippen LogP contribution in [0.5, 0.6) is 0 Å². The Labute approximate surface area is 195 Å². The number of hydrogen-bond acceptors (Lipinski definition) is 7. The summed E-state index contributed by atoms with van der Waals surface area (Å²) in [5, 5.41) is 8.41. The molecule has 8 nitrogen and oxygen atoms in total. The topological polar surface area (TPSA) is 88.8 Å². The molecule has 4 aromatic rings. The fourth-order valence-electron chi connectivity index (χ4n) is 4.88. The standard InChI is InChI=1S/C24H22ClN7O/c1-14-20-17(22(33)32(30-14)21-19(25)4-3-9-26-21)11-27-23(29-20)28-16-5-6-18-15(10-16)12-31(2)13-24(18)7-8-24/h3-6,9-11H,7-8,12-13H2,1-2H3,(H,27,28,29). The number of pyridine rings is 1. The van der Waals surface area contributed by atoms with E-state index in [2.05, 4.69) is 55.5 Å². The minimum atomic E-state index is -0.366. The Morgan fingerprint density at radius 3 is 2.82 bits per heavy atom. The first-order valence-electron chi connectivity index (χ1n) is 10.9. The molecular formula is C24H22ClN7O. The van der Waals surface area contributed by atoms with Gasteiger partial charge < -0.3 is 10.2 Å². The first kappa shape index (κ1) is 20.3. The summed E-state index contributed by atoms with van der Waals surface area (Å²) >= 11 is 6.22. The van der Waals surface area contributed by atoms with Crippen molar-refractivity contribution in [1.82, 2.24) is 29.6 Å². The van der Waals surface area contributed by atoms with Gasteiger partial charge in [-0.15, -0.1) is 0 Å². The van der Waals surface area contributed by atoms with Crippen LogP contribution in [0.2, 0.25) is 5.02 Å². The number of nitrogens with zero attached hydrogens (tertiary/aromatic N) is 6. The maximum Gasteiger partial charge on any atom is 0.284 e. The van der Waals surface area contributed by atoms with Gasteiger partial charge in [0.15, 0.2) is 5.82 Å². The minimum absolute atomic E-state index is 0.281. The molecular weight excluding hydrogens is 438 g/mol. The van der Waals surface area contributed by atoms with Gasteiger partial charge in [0.05, 0.1) is 16.1 Å². The summed E-state index contributed by atoms with van der Waals surface area (Å²) in [6.45, 7) is 3.87. The average Bonchev–Trinajstić information content (AvgIpc) is 3.56. The molecule has 1 aromatic carbocycles. The van der Waals surface area contributed by atoms with Gasteiger partial charge in [0, 0.05) is 36.6 Å². The minimum Gasteiger partial charge on any atom is -0.324 e. The zero-order valence-corrected chi connectivity index (χ0v) is 19.1. The molecule has 6 rings (SSSR count). The van der Waals surface area contributed by atoms with E-state index in [1.165, 1.54) is 34.8 Å². The van der Waals surface area contributed by atoms with Crippen molar-refractivity contribution in [3.63, 3.8) is 0 Å². The van der Waals surface area contributed by atoms with Crippen LogP contribution in [0.1, 0.15) is 29.7 Å². The maximum atomic E-state index is 13.1. The van der Waals surface area contributed by atoms with Crippen molar-refractivity contribution in [2.45, 2.75) is 31.7 Å². The van der Waals surface area contributed by atoms with Crippen LogP contribution in [0.3, 0.4) is 0 Å². The van der Waals surface area contributed by atoms with E-state index in [0.29, 0.717) is 33.0 Å². The molecule has 1 aliphatic carbocycles. The predicted molar refractivity (Wildman–Crippen MR) is 127 cm³/mol. The average molecular weight is 460 g/mol. The highest BCUT2D eigenvalue weighted by Gasteiger charge is 2.48. The zero-order valence-electron chi connectivity index (χ0n) is 18.3. The lowest BCUT2D eigenvalue weighted by Crippen LogP contribution is -2.35. The largest absolute Gasteiger partial charge is 0.324 e. The van der Waals surface area contributed by atoms with E-state index < -0.39 is 0 Å². The van der Waals surface area contributed by atoms with Gasteiger partial charge in [-0.1, -0.05) is 17.7 Å². The second-order valence-corrected chi connectivity index (χ2v) is 9.42. The first-order chi connectivity index (χ1) is 15.9. The Hall–Kier alpha value is -3.36. The van der Waals surface area contributed by atoms with Crippen LogP contribution in [0.4, 0.5) is 11.6 Å². The molecule has 3 aromatic heterocycles. The second kappa shape index (κ2) is 7.33. The van der Waals surface area contributed by atoms with Crippen LogP contribution < -0.4 is 10.9 Å². The van der Waals surface area contributed by atoms with Crippen LogP contribution >= 0.6 is 11.6 Å². The molecule has 0 atom stereocenters. The third-order valence-electron chi connectivity index (χ3n) is 6.54. The van der Waals surface area contributed by atoms with Crippen LogP contribution in [0.15, 0.2) is 47.5 Å². The molecule has 4 heterocycles. The van der Waals surface area contributed by atoms with E-state index in [9.17, 15) is 4.79 Å². The Kier molecular flexibility index (Phi) is 4.50. The quantitative estimate of drug-likeness (QED) is 0.499. The van der Waals surface area contributed by atoms with Gasteiger partial charge >= 0.3 is 0 Å². The molecule has 0 radical (unpaired) electrons. The van der Waals surface area contributed by atoms with Gasteiger partial charge in [-0.25, -0.2) is 15.0 Å². The molecule has 0 saturated heterocycles. The number of hydrogen-bond donors (Lipinski definition) is 1. The van der Waals surface area contributed by atoms with E-state index in [1.807, 2.05) is 0 Å². The molecule has 2 aliphatic rings. The van der Waals surface area contributed by atoms with Crippen LogP contribution in [0, 0.1) is 6.92 Å². The summed E-state index contributed by atoms with van der Waals surface area (Å²) in [5.74, 6) is 0.703. The summed E-state index contributed by atoms with van der Waals surface area (Å²) in [4.78, 5) is 28.6. The summed E-state index contributed by atoms with van der Waals surface area (Å²) < 4.78 is 1.20. The highest BCUT2D eigenvalue weighted by Crippen LogP contribution is 2.52. The van der Waals surface area contributed by atoms with Crippen molar-refractivity contribution in [3.8, 4) is 5.82 Å². The molecule has 1 N–H and O–H groups in total. The Balaban J connectivity index is 1.36. The van der Waals surface area contributed by atoms with Gasteiger partial charge in [-0.2, -0.15) is 9.78 Å². The third kappa shape index (κ3) is 3.37. The fourth-order valence-corrected chi connectivity index (χ4v) is 5.09. The van der Waals surface area contributed by atoms with Crippen molar-refractivity contribution in [3.05, 3.63) is 74.9 Å². The number of rotatable bonds is 3. The molecule has 33 heavy (non-hydrogen) atoms. The zero-order chi connectivity index (χ0) is 22.7. The van der Waals surface area contributed by atoms with Crippen molar-refractivity contribution in [1.29, 1.82) is 0 Å². The van der Waals surface area contributed by atoms with E-state index in [4.69, 9.17) is 11.6 Å². The molecule has 9 heteroatoms. The van der Waals surface area contributed by atoms with Gasteiger partial charge in [0.1, 0.15) is 5.52 Å². The SMILES string of the molecule is Cc1nn(-c2ncccc2Cl)c(=O)c2cnc(Nc3ccc4c(c3)CN(C)CC43CC3)nc12. The molecule has 0 unspecified atom stereocenters. The predicted octanol–water partition coefficient (Wildman–Crippen LogP) is 3.75. The van der Waals surface area contributed by atoms with Gasteiger partial charge in [0.2, 0.25) is 5.95 Å². The van der Waals surface area contributed by atoms with Crippen LogP contribution in [-0.4, -0.2) is 43.2 Å². The smallest absolute Gasteiger partial charge is 0.284 e. The van der Waals surface area contributed by atoms with Gasteiger partial charge in [-0.3, -0.25) is 4.79 Å². The second-order valence-electron chi connectivity index (χ2n) is 9.02. The molecule has 166 valence electrons. The highest BCUT2D eigenvalue weighted by atomic mass is 35.5. The van der Waals surface area contributed by atoms with Crippen molar-refractivity contribution < 1.29 is 0 Å². The monoisotopic (exact) mass is 459 g/mol. The molecule has 1 fully saturated rings. The first-order valence-corrected chi connectivity index (χ1v) is 11.3. The lowest BCUT2D eigenvalue weighted by molar-refractivity contribution is 0.271. The van der Waals surface area contributed by atoms with Crippen LogP contribution in [-0.2, 0) is 12.0 Å². The normalized spacial score (nSPS) is 16.7. The fraction of sp³-hybridized carbons (Fsp3) is 0.292. The number of benzene rings is 1. The number of nitrogens with one attached hydrogen (secondary N) is 1. The van der Waals surface area contributed by atoms with Crippen LogP contribution in [0.25, 0.3) is 16.7 Å². The molecule has 0 amide bonds. The third-order valence-corrected chi connectivity index (χ3v) is 6.84. The Morgan fingerprint density at radius 1 is 1.18 bits per heavy atom. The Morgan fingerprint density at radius 2 is 2.03 bits per heavy atom. The summed E-state index contributed by atoms with van der Waals surface area (Å²) in [7, 11) is 2.18. The van der Waals surface area contributed by atoms with E-state index in [1.54, 1.807) is 25.3 Å². The van der Waals surface area contributed by atoms with Gasteiger partial charge in [0.25, 0.3) is 5.56 Å². The van der Waals surface area contributed by atoms with E-state index >= 15 is 0 Å². The maximum absolute atomic E-state index is 13.1. The summed E-state index contributed by atoms with van der Waals surface area (Å²) in [6.07, 6.45) is 5.62. The summed E-state index contributed by atoms with van der Waals surface area (Å²) in [6, 6.07) is 9.88. The Bertz CT molecular complexity index is 1480. The highest BCUT2D eigenvalue weighted by molar-refractivity contribution is 6.32. The number of anilines is 2. The number of likely N-dealkylation sites (N-methyl/N-ethyl adjacent to an activating group) is 1. The van der Waals surface area contributed by atoms with Crippen molar-refractivity contribution in [2.75, 3.05) is 18.9 Å². The summed E-state index contributed by atoms with van der Waals surface area (Å²) in [5.41, 5.74) is 4.81. The van der Waals surface area contributed by atoms with E-state index in [0.717, 1.165) is 18.8 Å². The van der Waals surface area contributed by atoms with E-state index in [-0.39, 0.29) is 11.4 Å². The lowest BCUT2D eigenvalue weighted by atomic mass is 9.87. The molecule has 0 bridgehead atoms. The molecule has 1 spiro atoms. The lowest BCUT2D eigenvalue weighted by Gasteiger charge is -2.32.